The number of H-pyrrole nitrogens is 1. The van der Waals surface area contributed by atoms with Crippen LogP contribution in [0, 0.1) is 0 Å². The van der Waals surface area contributed by atoms with Gasteiger partial charge in [-0.25, -0.2) is 0 Å². The van der Waals surface area contributed by atoms with Crippen molar-refractivity contribution in [2.75, 3.05) is 6.54 Å². The van der Waals surface area contributed by atoms with E-state index in [1.807, 2.05) is 48.5 Å². The number of nitrogens with one attached hydrogen (secondary N) is 2. The minimum Gasteiger partial charge on any atom is -0.350 e. The van der Waals surface area contributed by atoms with Crippen LogP contribution in [0.15, 0.2) is 65.3 Å². The first-order valence-corrected chi connectivity index (χ1v) is 8.89. The number of hydrogen-bond donors (Lipinski definition) is 2. The molecule has 0 fully saturated rings. The molecule has 25 heavy (non-hydrogen) atoms. The van der Waals surface area contributed by atoms with E-state index in [-0.39, 0.29) is 5.91 Å². The standard InChI is InChI=1S/C20H16BrN3O/c21-16-7-6-15-11-18(24-17(15)12-16)20(25)23-10-8-14-4-1-3-13-5-2-9-22-19(13)14/h1-7,9,11-12,24H,8,10H2,(H,23,25). The van der Waals surface area contributed by atoms with Crippen molar-refractivity contribution in [2.24, 2.45) is 0 Å². The molecule has 2 aromatic carbocycles. The van der Waals surface area contributed by atoms with Gasteiger partial charge in [0.05, 0.1) is 5.52 Å². The van der Waals surface area contributed by atoms with Gasteiger partial charge in [0.15, 0.2) is 0 Å². The van der Waals surface area contributed by atoms with Crippen LogP contribution in [0.4, 0.5) is 0 Å². The van der Waals surface area contributed by atoms with Crippen molar-refractivity contribution in [2.45, 2.75) is 6.42 Å². The van der Waals surface area contributed by atoms with E-state index >= 15 is 0 Å². The predicted octanol–water partition coefficient (Wildman–Crippen LogP) is 4.45. The van der Waals surface area contributed by atoms with Crippen LogP contribution in [0.3, 0.4) is 0 Å². The maximum Gasteiger partial charge on any atom is 0.267 e. The average molecular weight is 394 g/mol. The molecule has 0 aliphatic rings. The Labute approximate surface area is 153 Å². The maximum absolute atomic E-state index is 12.4. The molecule has 124 valence electrons. The summed E-state index contributed by atoms with van der Waals surface area (Å²) in [5, 5.41) is 5.12. The normalized spacial score (nSPS) is 11.1. The molecule has 4 rings (SSSR count). The SMILES string of the molecule is O=C(NCCc1cccc2cccnc12)c1cc2ccc(Br)cc2[nH]1. The summed E-state index contributed by atoms with van der Waals surface area (Å²) >= 11 is 3.44. The molecule has 0 atom stereocenters. The van der Waals surface area contributed by atoms with Crippen molar-refractivity contribution in [3.8, 4) is 0 Å². The Kier molecular flexibility index (Phi) is 4.24. The number of nitrogens with zero attached hydrogens (tertiary/aromatic N) is 1. The lowest BCUT2D eigenvalue weighted by molar-refractivity contribution is 0.0950. The first kappa shape index (κ1) is 15.8. The van der Waals surface area contributed by atoms with Gasteiger partial charge in [-0.2, -0.15) is 0 Å². The Hall–Kier alpha value is -2.66. The van der Waals surface area contributed by atoms with Gasteiger partial charge in [-0.15, -0.1) is 0 Å². The van der Waals surface area contributed by atoms with E-state index in [1.165, 1.54) is 0 Å². The smallest absolute Gasteiger partial charge is 0.267 e. The van der Waals surface area contributed by atoms with Crippen LogP contribution in [-0.2, 0) is 6.42 Å². The highest BCUT2D eigenvalue weighted by Gasteiger charge is 2.10. The van der Waals surface area contributed by atoms with Gasteiger partial charge in [-0.3, -0.25) is 9.78 Å². The molecule has 2 N–H and O–H groups in total. The summed E-state index contributed by atoms with van der Waals surface area (Å²) < 4.78 is 0.984. The van der Waals surface area contributed by atoms with Crippen molar-refractivity contribution in [1.29, 1.82) is 0 Å². The van der Waals surface area contributed by atoms with Gasteiger partial charge in [0.1, 0.15) is 5.69 Å². The first-order valence-electron chi connectivity index (χ1n) is 8.10. The van der Waals surface area contributed by atoms with Crippen molar-refractivity contribution in [3.05, 3.63) is 76.5 Å². The van der Waals surface area contributed by atoms with Gasteiger partial charge < -0.3 is 10.3 Å². The summed E-state index contributed by atoms with van der Waals surface area (Å²) in [6.45, 7) is 0.563. The van der Waals surface area contributed by atoms with Gasteiger partial charge in [-0.05, 0) is 36.2 Å². The van der Waals surface area contributed by atoms with Crippen molar-refractivity contribution in [1.82, 2.24) is 15.3 Å². The Morgan fingerprint density at radius 2 is 1.96 bits per heavy atom. The monoisotopic (exact) mass is 393 g/mol. The summed E-state index contributed by atoms with van der Waals surface area (Å²) in [7, 11) is 0. The summed E-state index contributed by atoms with van der Waals surface area (Å²) in [6, 6.07) is 17.9. The molecule has 4 nitrogen and oxygen atoms in total. The number of pyridine rings is 1. The molecule has 0 spiro atoms. The molecule has 5 heteroatoms. The third-order valence-corrected chi connectivity index (χ3v) is 4.72. The second-order valence-electron chi connectivity index (χ2n) is 5.91. The van der Waals surface area contributed by atoms with Crippen molar-refractivity contribution >= 4 is 43.6 Å². The van der Waals surface area contributed by atoms with Crippen LogP contribution >= 0.6 is 15.9 Å². The molecule has 0 saturated carbocycles. The number of carbonyl (C=O) groups excluding carboxylic acids is 1. The van der Waals surface area contributed by atoms with E-state index in [1.54, 1.807) is 6.20 Å². The Morgan fingerprint density at radius 1 is 1.08 bits per heavy atom. The van der Waals surface area contributed by atoms with Gasteiger partial charge in [0, 0.05) is 33.5 Å². The summed E-state index contributed by atoms with van der Waals surface area (Å²) in [5.74, 6) is -0.0967. The summed E-state index contributed by atoms with van der Waals surface area (Å²) in [5.41, 5.74) is 3.65. The van der Waals surface area contributed by atoms with Gasteiger partial charge in [-0.1, -0.05) is 46.3 Å². The molecule has 0 unspecified atom stereocenters. The molecule has 0 saturated heterocycles. The number of aromatic nitrogens is 2. The number of rotatable bonds is 4. The average Bonchev–Trinajstić information content (AvgIpc) is 3.05. The molecular formula is C20H16BrN3O. The first-order chi connectivity index (χ1) is 12.2. The van der Waals surface area contributed by atoms with Gasteiger partial charge in [0.2, 0.25) is 0 Å². The molecule has 0 bridgehead atoms. The Morgan fingerprint density at radius 3 is 2.88 bits per heavy atom. The van der Waals surface area contributed by atoms with Crippen LogP contribution in [-0.4, -0.2) is 22.4 Å². The van der Waals surface area contributed by atoms with Gasteiger partial charge in [0.25, 0.3) is 5.91 Å². The number of hydrogen-bond acceptors (Lipinski definition) is 2. The zero-order chi connectivity index (χ0) is 17.2. The van der Waals surface area contributed by atoms with Crippen LogP contribution in [0.1, 0.15) is 16.1 Å². The van der Waals surface area contributed by atoms with E-state index in [4.69, 9.17) is 0 Å². The fraction of sp³-hybridized carbons (Fsp3) is 0.100. The minimum atomic E-state index is -0.0967. The van der Waals surface area contributed by atoms with Crippen molar-refractivity contribution in [3.63, 3.8) is 0 Å². The number of amides is 1. The second kappa shape index (κ2) is 6.69. The highest BCUT2D eigenvalue weighted by atomic mass is 79.9. The fourth-order valence-corrected chi connectivity index (χ4v) is 3.36. The van der Waals surface area contributed by atoms with Crippen LogP contribution in [0.2, 0.25) is 0 Å². The van der Waals surface area contributed by atoms with E-state index in [2.05, 4.69) is 37.3 Å². The van der Waals surface area contributed by atoms with E-state index in [0.29, 0.717) is 12.2 Å². The number of para-hydroxylation sites is 1. The molecule has 4 aromatic rings. The molecule has 0 radical (unpaired) electrons. The van der Waals surface area contributed by atoms with Gasteiger partial charge >= 0.3 is 0 Å². The zero-order valence-electron chi connectivity index (χ0n) is 13.4. The summed E-state index contributed by atoms with van der Waals surface area (Å²) in [4.78, 5) is 20.0. The third-order valence-electron chi connectivity index (χ3n) is 4.23. The Bertz CT molecular complexity index is 1070. The molecule has 1 amide bonds. The number of benzene rings is 2. The van der Waals surface area contributed by atoms with Crippen LogP contribution < -0.4 is 5.32 Å². The fourth-order valence-electron chi connectivity index (χ4n) is 3.00. The lowest BCUT2D eigenvalue weighted by Crippen LogP contribution is -2.26. The van der Waals surface area contributed by atoms with E-state index in [0.717, 1.165) is 38.3 Å². The molecular weight excluding hydrogens is 378 g/mol. The predicted molar refractivity (Wildman–Crippen MR) is 104 cm³/mol. The Balaban J connectivity index is 1.46. The lowest BCUT2D eigenvalue weighted by atomic mass is 10.1. The number of fused-ring (bicyclic) bond motifs is 2. The van der Waals surface area contributed by atoms with Crippen LogP contribution in [0.5, 0.6) is 0 Å². The molecule has 2 heterocycles. The minimum absolute atomic E-state index is 0.0967. The maximum atomic E-state index is 12.4. The quantitative estimate of drug-likeness (QED) is 0.537. The highest BCUT2D eigenvalue weighted by molar-refractivity contribution is 9.10. The van der Waals surface area contributed by atoms with Crippen molar-refractivity contribution < 1.29 is 4.79 Å². The van der Waals surface area contributed by atoms with E-state index < -0.39 is 0 Å². The number of carbonyl (C=O) groups is 1. The topological polar surface area (TPSA) is 57.8 Å². The summed E-state index contributed by atoms with van der Waals surface area (Å²) in [6.07, 6.45) is 2.54. The number of aromatic amines is 1. The van der Waals surface area contributed by atoms with Crippen LogP contribution in [0.25, 0.3) is 21.8 Å². The zero-order valence-corrected chi connectivity index (χ0v) is 15.0. The lowest BCUT2D eigenvalue weighted by Gasteiger charge is -2.07. The van der Waals surface area contributed by atoms with E-state index in [9.17, 15) is 4.79 Å². The second-order valence-corrected chi connectivity index (χ2v) is 6.83. The number of halogens is 1. The largest absolute Gasteiger partial charge is 0.350 e. The molecule has 0 aliphatic carbocycles. The molecule has 2 aromatic heterocycles. The third kappa shape index (κ3) is 3.28. The molecule has 0 aliphatic heterocycles. The highest BCUT2D eigenvalue weighted by Crippen LogP contribution is 2.20.